The van der Waals surface area contributed by atoms with Crippen LogP contribution in [0.25, 0.3) is 0 Å². The fraction of sp³-hybridized carbons (Fsp3) is 0. The Bertz CT molecular complexity index is 175. The lowest BCUT2D eigenvalue weighted by molar-refractivity contribution is 0.997. The topological polar surface area (TPSA) is 17.8 Å². The number of rotatable bonds is 0. The van der Waals surface area contributed by atoms with Crippen molar-refractivity contribution in [2.75, 3.05) is 0 Å². The molecular weight excluding hydrogens is 304 g/mol. The zero-order valence-electron chi connectivity index (χ0n) is 3.61. The predicted molar refractivity (Wildman–Crippen MR) is 42.0 cm³/mol. The van der Waals surface area contributed by atoms with Crippen molar-refractivity contribution in [2.24, 2.45) is 0 Å². The van der Waals surface area contributed by atoms with Gasteiger partial charge >= 0.3 is 0 Å². The van der Waals surface area contributed by atoms with Crippen molar-refractivity contribution in [3.63, 3.8) is 0 Å². The SMILES string of the molecule is Brc1cc(Br)n(Br)n1. The highest BCUT2D eigenvalue weighted by atomic mass is 79.9. The minimum absolute atomic E-state index is 0.807. The highest BCUT2D eigenvalue weighted by Gasteiger charge is 1.96. The Balaban J connectivity index is 3.14. The number of aromatic nitrogens is 2. The van der Waals surface area contributed by atoms with E-state index in [1.807, 2.05) is 6.07 Å². The van der Waals surface area contributed by atoms with E-state index >= 15 is 0 Å². The van der Waals surface area contributed by atoms with Crippen molar-refractivity contribution >= 4 is 48.0 Å². The molecule has 0 saturated heterocycles. The molecule has 1 aromatic rings. The molecule has 5 heteroatoms. The third-order valence-electron chi connectivity index (χ3n) is 0.598. The summed E-state index contributed by atoms with van der Waals surface area (Å²) in [5.74, 6) is 0. The number of hydrogen-bond acceptors (Lipinski definition) is 1. The van der Waals surface area contributed by atoms with Gasteiger partial charge in [0.2, 0.25) is 0 Å². The molecule has 2 nitrogen and oxygen atoms in total. The Labute approximate surface area is 71.9 Å². The molecule has 0 spiro atoms. The van der Waals surface area contributed by atoms with Crippen molar-refractivity contribution < 1.29 is 0 Å². The number of nitrogens with zero attached hydrogens (tertiary/aromatic N) is 2. The van der Waals surface area contributed by atoms with Gasteiger partial charge in [-0.1, -0.05) is 0 Å². The minimum Gasteiger partial charge on any atom is -0.190 e. The van der Waals surface area contributed by atoms with E-state index in [1.165, 1.54) is 0 Å². The van der Waals surface area contributed by atoms with Crippen molar-refractivity contribution in [3.05, 3.63) is 15.3 Å². The van der Waals surface area contributed by atoms with E-state index in [0.29, 0.717) is 0 Å². The summed E-state index contributed by atoms with van der Waals surface area (Å²) in [6.07, 6.45) is 0. The van der Waals surface area contributed by atoms with Gasteiger partial charge in [-0.3, -0.25) is 0 Å². The van der Waals surface area contributed by atoms with Crippen LogP contribution in [-0.4, -0.2) is 8.81 Å². The van der Waals surface area contributed by atoms with E-state index in [0.717, 1.165) is 9.21 Å². The number of halogens is 3. The smallest absolute Gasteiger partial charge is 0.130 e. The van der Waals surface area contributed by atoms with Gasteiger partial charge in [0, 0.05) is 6.07 Å². The van der Waals surface area contributed by atoms with Gasteiger partial charge in [0.05, 0.1) is 16.1 Å². The van der Waals surface area contributed by atoms with Gasteiger partial charge in [-0.15, -0.1) is 0 Å². The first kappa shape index (κ1) is 6.77. The molecule has 0 N–H and O–H groups in total. The van der Waals surface area contributed by atoms with Gasteiger partial charge < -0.3 is 0 Å². The van der Waals surface area contributed by atoms with Gasteiger partial charge in [-0.2, -0.15) is 8.81 Å². The molecule has 1 aromatic heterocycles. The average molecular weight is 305 g/mol. The summed E-state index contributed by atoms with van der Waals surface area (Å²) >= 11 is 9.58. The van der Waals surface area contributed by atoms with Crippen LogP contribution in [0.15, 0.2) is 15.3 Å². The second kappa shape index (κ2) is 2.49. The first-order chi connectivity index (χ1) is 3.70. The van der Waals surface area contributed by atoms with E-state index in [1.54, 1.807) is 3.71 Å². The predicted octanol–water partition coefficient (Wildman–Crippen LogP) is 2.57. The second-order valence-electron chi connectivity index (χ2n) is 1.15. The molecule has 8 heavy (non-hydrogen) atoms. The van der Waals surface area contributed by atoms with E-state index < -0.39 is 0 Å². The Morgan fingerprint density at radius 3 is 2.25 bits per heavy atom. The van der Waals surface area contributed by atoms with Crippen LogP contribution >= 0.6 is 48.0 Å². The average Bonchev–Trinajstić information content (AvgIpc) is 1.85. The van der Waals surface area contributed by atoms with Crippen LogP contribution in [0.5, 0.6) is 0 Å². The van der Waals surface area contributed by atoms with Crippen LogP contribution in [0, 0.1) is 0 Å². The van der Waals surface area contributed by atoms with Crippen molar-refractivity contribution in [3.8, 4) is 0 Å². The maximum Gasteiger partial charge on any atom is 0.130 e. The normalized spacial score (nSPS) is 9.88. The molecular formula is C3HBr3N2. The van der Waals surface area contributed by atoms with E-state index in [-0.39, 0.29) is 0 Å². The molecule has 0 amide bonds. The summed E-state index contributed by atoms with van der Waals surface area (Å²) < 4.78 is 3.25. The third-order valence-corrected chi connectivity index (χ3v) is 2.57. The highest BCUT2D eigenvalue weighted by Crippen LogP contribution is 2.17. The minimum atomic E-state index is 0.807. The summed E-state index contributed by atoms with van der Waals surface area (Å²) in [7, 11) is 0. The van der Waals surface area contributed by atoms with Crippen LogP contribution in [0.1, 0.15) is 0 Å². The zero-order chi connectivity index (χ0) is 6.15. The van der Waals surface area contributed by atoms with Gasteiger partial charge in [0.1, 0.15) is 9.21 Å². The van der Waals surface area contributed by atoms with Crippen molar-refractivity contribution in [2.45, 2.75) is 0 Å². The Kier molecular flexibility index (Phi) is 2.11. The van der Waals surface area contributed by atoms with Crippen molar-refractivity contribution in [1.82, 2.24) is 8.81 Å². The molecule has 0 bridgehead atoms. The summed E-state index contributed by atoms with van der Waals surface area (Å²) in [6.45, 7) is 0. The standard InChI is InChI=1S/C3HBr3N2/c4-2-1-3(5)8(6)7-2/h1H. The molecule has 1 heterocycles. The van der Waals surface area contributed by atoms with E-state index in [9.17, 15) is 0 Å². The molecule has 0 fully saturated rings. The molecule has 44 valence electrons. The molecule has 0 radical (unpaired) electrons. The lowest BCUT2D eigenvalue weighted by Gasteiger charge is -1.81. The first-order valence-electron chi connectivity index (χ1n) is 1.77. The summed E-state index contributed by atoms with van der Waals surface area (Å²) in [5.41, 5.74) is 0. The maximum atomic E-state index is 3.91. The number of hydrogen-bond donors (Lipinski definition) is 0. The largest absolute Gasteiger partial charge is 0.190 e. The molecule has 0 aliphatic heterocycles. The fourth-order valence-electron chi connectivity index (χ4n) is 0.312. The Morgan fingerprint density at radius 1 is 1.50 bits per heavy atom. The lowest BCUT2D eigenvalue weighted by atomic mass is 10.8. The zero-order valence-corrected chi connectivity index (χ0v) is 8.36. The van der Waals surface area contributed by atoms with Crippen LogP contribution in [0.3, 0.4) is 0 Å². The summed E-state index contributed by atoms with van der Waals surface area (Å²) in [4.78, 5) is 0. The maximum absolute atomic E-state index is 3.91. The molecule has 0 unspecified atom stereocenters. The van der Waals surface area contributed by atoms with E-state index in [2.05, 4.69) is 53.1 Å². The highest BCUT2D eigenvalue weighted by molar-refractivity contribution is 9.12. The van der Waals surface area contributed by atoms with Gasteiger partial charge in [0.25, 0.3) is 0 Å². The van der Waals surface area contributed by atoms with Crippen LogP contribution in [0.2, 0.25) is 0 Å². The van der Waals surface area contributed by atoms with E-state index in [4.69, 9.17) is 0 Å². The van der Waals surface area contributed by atoms with Gasteiger partial charge in [-0.25, -0.2) is 0 Å². The third kappa shape index (κ3) is 1.33. The van der Waals surface area contributed by atoms with Crippen molar-refractivity contribution in [1.29, 1.82) is 0 Å². The molecule has 0 aromatic carbocycles. The molecule has 0 saturated carbocycles. The Morgan fingerprint density at radius 2 is 2.12 bits per heavy atom. The lowest BCUT2D eigenvalue weighted by Crippen LogP contribution is -1.78. The van der Waals surface area contributed by atoms with Crippen LogP contribution < -0.4 is 0 Å². The molecule has 0 atom stereocenters. The fourth-order valence-corrected chi connectivity index (χ4v) is 1.78. The Hall–Kier alpha value is 0.650. The first-order valence-corrected chi connectivity index (χ1v) is 4.07. The van der Waals surface area contributed by atoms with Crippen LogP contribution in [0.4, 0.5) is 0 Å². The second-order valence-corrected chi connectivity index (χ2v) is 3.45. The quantitative estimate of drug-likeness (QED) is 0.720. The monoisotopic (exact) mass is 302 g/mol. The van der Waals surface area contributed by atoms with Crippen LogP contribution in [-0.2, 0) is 0 Å². The summed E-state index contributed by atoms with van der Waals surface area (Å²) in [6, 6.07) is 1.84. The molecule has 1 rings (SSSR count). The molecule has 0 aliphatic carbocycles. The van der Waals surface area contributed by atoms with Gasteiger partial charge in [-0.05, 0) is 31.9 Å². The molecule has 0 aliphatic rings. The summed E-state index contributed by atoms with van der Waals surface area (Å²) in [5, 5.41) is 3.91. The van der Waals surface area contributed by atoms with Gasteiger partial charge in [0.15, 0.2) is 0 Å².